The van der Waals surface area contributed by atoms with Gasteiger partial charge in [0.1, 0.15) is 5.82 Å². The number of nitrogens with zero attached hydrogens (tertiary/aromatic N) is 5. The lowest BCUT2D eigenvalue weighted by Gasteiger charge is -2.05. The number of aromatic nitrogens is 5. The molecule has 0 fully saturated rings. The molecular weight excluding hydrogens is 260 g/mol. The molecule has 0 aliphatic heterocycles. The number of hydrogen-bond donors (Lipinski definition) is 1. The molecule has 0 radical (unpaired) electrons. The molecule has 0 saturated heterocycles. The van der Waals surface area contributed by atoms with Gasteiger partial charge in [0.05, 0.1) is 11.4 Å². The average Bonchev–Trinajstić information content (AvgIpc) is 2.88. The highest BCUT2D eigenvalue weighted by Gasteiger charge is 2.21. The molecule has 0 aliphatic rings. The fourth-order valence-electron chi connectivity index (χ4n) is 1.87. The van der Waals surface area contributed by atoms with Gasteiger partial charge in [-0.1, -0.05) is 6.92 Å². The molecule has 2 N–H and O–H groups in total. The maximum atomic E-state index is 12.1. The van der Waals surface area contributed by atoms with Crippen molar-refractivity contribution in [3.05, 3.63) is 23.0 Å². The predicted molar refractivity (Wildman–Crippen MR) is 71.9 cm³/mol. The van der Waals surface area contributed by atoms with Gasteiger partial charge in [0.25, 0.3) is 0 Å². The van der Waals surface area contributed by atoms with Gasteiger partial charge in [-0.15, -0.1) is 10.2 Å². The third-order valence-electron chi connectivity index (χ3n) is 3.20. The van der Waals surface area contributed by atoms with Crippen LogP contribution in [0.5, 0.6) is 0 Å². The molecule has 0 bridgehead atoms. The zero-order valence-electron chi connectivity index (χ0n) is 12.0. The van der Waals surface area contributed by atoms with E-state index in [1.165, 1.54) is 4.68 Å². The molecule has 0 saturated carbocycles. The Bertz CT molecular complexity index is 643. The number of carbonyl (C=O) groups excluding carboxylic acids is 1. The Morgan fingerprint density at radius 2 is 2.05 bits per heavy atom. The van der Waals surface area contributed by atoms with Gasteiger partial charge in [-0.05, 0) is 13.3 Å². The second-order valence-electron chi connectivity index (χ2n) is 4.48. The Labute approximate surface area is 116 Å². The molecule has 0 amide bonds. The summed E-state index contributed by atoms with van der Waals surface area (Å²) in [6, 6.07) is 0. The predicted octanol–water partition coefficient (Wildman–Crippen LogP) is 0.359. The topological polar surface area (TPSA) is 101 Å². The van der Waals surface area contributed by atoms with Crippen LogP contribution in [-0.4, -0.2) is 30.5 Å². The summed E-state index contributed by atoms with van der Waals surface area (Å²) in [5.41, 5.74) is 7.22. The van der Waals surface area contributed by atoms with Gasteiger partial charge in [0.2, 0.25) is 0 Å². The van der Waals surface area contributed by atoms with E-state index in [0.717, 1.165) is 5.82 Å². The molecule has 108 valence electrons. The number of rotatable bonds is 4. The molecule has 2 rings (SSSR count). The summed E-state index contributed by atoms with van der Waals surface area (Å²) in [4.78, 5) is 12.1. The van der Waals surface area contributed by atoms with E-state index in [1.807, 2.05) is 20.9 Å². The van der Waals surface area contributed by atoms with E-state index in [1.54, 1.807) is 11.6 Å². The van der Waals surface area contributed by atoms with Crippen molar-refractivity contribution in [2.24, 2.45) is 14.1 Å². The smallest absolute Gasteiger partial charge is 0.359 e. The molecular formula is C12H18N6O2. The van der Waals surface area contributed by atoms with Gasteiger partial charge >= 0.3 is 5.97 Å². The van der Waals surface area contributed by atoms with Crippen LogP contribution in [-0.2, 0) is 31.9 Å². The number of carbonyl (C=O) groups is 1. The third-order valence-corrected chi connectivity index (χ3v) is 3.20. The van der Waals surface area contributed by atoms with Crippen LogP contribution in [0.25, 0.3) is 0 Å². The van der Waals surface area contributed by atoms with E-state index in [4.69, 9.17) is 10.5 Å². The lowest BCUT2D eigenvalue weighted by Crippen LogP contribution is -2.14. The van der Waals surface area contributed by atoms with Gasteiger partial charge in [-0.3, -0.25) is 4.68 Å². The Kier molecular flexibility index (Phi) is 3.73. The molecule has 20 heavy (non-hydrogen) atoms. The highest BCUT2D eigenvalue weighted by molar-refractivity contribution is 5.93. The Morgan fingerprint density at radius 1 is 1.35 bits per heavy atom. The highest BCUT2D eigenvalue weighted by Crippen LogP contribution is 2.18. The normalized spacial score (nSPS) is 10.8. The summed E-state index contributed by atoms with van der Waals surface area (Å²) >= 11 is 0. The van der Waals surface area contributed by atoms with Crippen LogP contribution in [0.4, 0.5) is 5.69 Å². The Morgan fingerprint density at radius 3 is 2.55 bits per heavy atom. The van der Waals surface area contributed by atoms with E-state index in [-0.39, 0.29) is 12.3 Å². The van der Waals surface area contributed by atoms with Crippen molar-refractivity contribution in [3.8, 4) is 0 Å². The van der Waals surface area contributed by atoms with E-state index in [2.05, 4.69) is 15.3 Å². The maximum Gasteiger partial charge on any atom is 0.359 e. The van der Waals surface area contributed by atoms with Crippen molar-refractivity contribution in [1.29, 1.82) is 0 Å². The number of nitrogen functional groups attached to an aromatic ring is 1. The van der Waals surface area contributed by atoms with Crippen LogP contribution in [0.3, 0.4) is 0 Å². The number of nitrogens with two attached hydrogens (primary N) is 1. The second kappa shape index (κ2) is 5.32. The van der Waals surface area contributed by atoms with E-state index in [9.17, 15) is 4.79 Å². The number of esters is 1. The first-order valence-electron chi connectivity index (χ1n) is 6.29. The summed E-state index contributed by atoms with van der Waals surface area (Å²) in [5, 5.41) is 12.0. The molecule has 2 aromatic rings. The van der Waals surface area contributed by atoms with Gasteiger partial charge in [-0.2, -0.15) is 5.10 Å². The summed E-state index contributed by atoms with van der Waals surface area (Å²) in [7, 11) is 3.48. The summed E-state index contributed by atoms with van der Waals surface area (Å²) in [6.45, 7) is 3.79. The van der Waals surface area contributed by atoms with Crippen molar-refractivity contribution in [3.63, 3.8) is 0 Å². The maximum absolute atomic E-state index is 12.1. The fourth-order valence-corrected chi connectivity index (χ4v) is 1.87. The Hall–Kier alpha value is -2.38. The van der Waals surface area contributed by atoms with Crippen LogP contribution in [0.1, 0.15) is 34.8 Å². The zero-order chi connectivity index (χ0) is 14.9. The van der Waals surface area contributed by atoms with Crippen LogP contribution in [0.2, 0.25) is 0 Å². The minimum Gasteiger partial charge on any atom is -0.453 e. The van der Waals surface area contributed by atoms with E-state index >= 15 is 0 Å². The SMILES string of the molecule is CCc1nn(C)c(C(=O)OCc2nnc(C)n2C)c1N. The number of aryl methyl sites for hydroxylation is 3. The highest BCUT2D eigenvalue weighted by atomic mass is 16.5. The van der Waals surface area contributed by atoms with Crippen molar-refractivity contribution in [2.45, 2.75) is 26.9 Å². The molecule has 0 spiro atoms. The zero-order valence-corrected chi connectivity index (χ0v) is 12.0. The van der Waals surface area contributed by atoms with Crippen molar-refractivity contribution >= 4 is 11.7 Å². The first kappa shape index (κ1) is 14.0. The van der Waals surface area contributed by atoms with Crippen LogP contribution < -0.4 is 5.73 Å². The van der Waals surface area contributed by atoms with Crippen LogP contribution in [0, 0.1) is 6.92 Å². The van der Waals surface area contributed by atoms with E-state index < -0.39 is 5.97 Å². The van der Waals surface area contributed by atoms with Gasteiger partial charge < -0.3 is 15.0 Å². The first-order chi connectivity index (χ1) is 9.45. The van der Waals surface area contributed by atoms with Gasteiger partial charge in [0.15, 0.2) is 18.1 Å². The number of anilines is 1. The molecule has 8 nitrogen and oxygen atoms in total. The summed E-state index contributed by atoms with van der Waals surface area (Å²) < 4.78 is 8.43. The monoisotopic (exact) mass is 278 g/mol. The number of hydrogen-bond acceptors (Lipinski definition) is 6. The second-order valence-corrected chi connectivity index (χ2v) is 4.48. The minimum atomic E-state index is -0.516. The lowest BCUT2D eigenvalue weighted by atomic mass is 10.2. The molecule has 2 aromatic heterocycles. The van der Waals surface area contributed by atoms with Gasteiger partial charge in [-0.25, -0.2) is 4.79 Å². The fraction of sp³-hybridized carbons (Fsp3) is 0.500. The molecule has 0 aromatic carbocycles. The molecule has 0 aliphatic carbocycles. The molecule has 2 heterocycles. The van der Waals surface area contributed by atoms with Crippen molar-refractivity contribution < 1.29 is 9.53 Å². The largest absolute Gasteiger partial charge is 0.453 e. The van der Waals surface area contributed by atoms with Crippen molar-refractivity contribution in [2.75, 3.05) is 5.73 Å². The lowest BCUT2D eigenvalue weighted by molar-refractivity contribution is 0.0447. The van der Waals surface area contributed by atoms with Crippen LogP contribution >= 0.6 is 0 Å². The molecule has 0 unspecified atom stereocenters. The molecule has 8 heteroatoms. The van der Waals surface area contributed by atoms with Crippen LogP contribution in [0.15, 0.2) is 0 Å². The average molecular weight is 278 g/mol. The first-order valence-corrected chi connectivity index (χ1v) is 6.29. The minimum absolute atomic E-state index is 0.0439. The van der Waals surface area contributed by atoms with E-state index in [0.29, 0.717) is 23.6 Å². The third kappa shape index (κ3) is 2.36. The van der Waals surface area contributed by atoms with Gasteiger partial charge in [0, 0.05) is 14.1 Å². The standard InChI is InChI=1S/C12H18N6O2/c1-5-8-10(13)11(18(4)16-8)12(19)20-6-9-15-14-7(2)17(9)3/h5-6,13H2,1-4H3. The quantitative estimate of drug-likeness (QED) is 0.810. The Balaban J connectivity index is 2.13. The van der Waals surface area contributed by atoms with Crippen molar-refractivity contribution in [1.82, 2.24) is 24.5 Å². The molecule has 0 atom stereocenters. The summed E-state index contributed by atoms with van der Waals surface area (Å²) in [6.07, 6.45) is 0.662. The summed E-state index contributed by atoms with van der Waals surface area (Å²) in [5.74, 6) is 0.814. The number of ether oxygens (including phenoxy) is 1.